The van der Waals surface area contributed by atoms with Crippen molar-refractivity contribution in [2.45, 2.75) is 6.92 Å². The normalized spacial score (nSPS) is 11.6. The van der Waals surface area contributed by atoms with Gasteiger partial charge < -0.3 is 0 Å². The lowest BCUT2D eigenvalue weighted by Crippen LogP contribution is -2.31. The van der Waals surface area contributed by atoms with E-state index in [1.165, 1.54) is 6.92 Å². The number of para-hydroxylation sites is 1. The van der Waals surface area contributed by atoms with Gasteiger partial charge in [-0.3, -0.25) is 9.89 Å². The number of carbonyl (C=O) groups excluding carboxylic acids is 1. The van der Waals surface area contributed by atoms with Crippen LogP contribution < -0.4 is 4.72 Å². The Bertz CT molecular complexity index is 660. The SMILES string of the molecule is CCS(=O)(=O)NC(=O)c1cccc2cn[nH]c12. The Balaban J connectivity index is 2.41. The van der Waals surface area contributed by atoms with E-state index in [-0.39, 0.29) is 11.3 Å². The smallest absolute Gasteiger partial charge is 0.266 e. The highest BCUT2D eigenvalue weighted by molar-refractivity contribution is 7.90. The number of rotatable bonds is 3. The van der Waals surface area contributed by atoms with E-state index in [0.29, 0.717) is 5.52 Å². The first kappa shape index (κ1) is 11.6. The van der Waals surface area contributed by atoms with Gasteiger partial charge in [0.25, 0.3) is 5.91 Å². The van der Waals surface area contributed by atoms with Crippen LogP contribution in [0.3, 0.4) is 0 Å². The van der Waals surface area contributed by atoms with E-state index in [0.717, 1.165) is 5.39 Å². The van der Waals surface area contributed by atoms with Gasteiger partial charge in [-0.15, -0.1) is 0 Å². The lowest BCUT2D eigenvalue weighted by Gasteiger charge is -2.05. The van der Waals surface area contributed by atoms with Crippen LogP contribution >= 0.6 is 0 Å². The molecular weight excluding hydrogens is 242 g/mol. The Hall–Kier alpha value is -1.89. The minimum atomic E-state index is -3.55. The molecule has 0 saturated carbocycles. The van der Waals surface area contributed by atoms with Crippen LogP contribution in [0.25, 0.3) is 10.9 Å². The van der Waals surface area contributed by atoms with Crippen molar-refractivity contribution in [3.05, 3.63) is 30.0 Å². The van der Waals surface area contributed by atoms with Crippen molar-refractivity contribution in [2.24, 2.45) is 0 Å². The Morgan fingerprint density at radius 3 is 2.94 bits per heavy atom. The zero-order chi connectivity index (χ0) is 12.5. The molecule has 0 aliphatic rings. The number of fused-ring (bicyclic) bond motifs is 1. The van der Waals surface area contributed by atoms with E-state index in [1.54, 1.807) is 24.4 Å². The molecule has 0 aliphatic heterocycles. The number of hydrogen-bond donors (Lipinski definition) is 2. The predicted molar refractivity (Wildman–Crippen MR) is 63.0 cm³/mol. The van der Waals surface area contributed by atoms with Crippen LogP contribution in [-0.4, -0.2) is 30.3 Å². The quantitative estimate of drug-likeness (QED) is 0.839. The topological polar surface area (TPSA) is 91.9 Å². The average molecular weight is 253 g/mol. The number of aromatic amines is 1. The summed E-state index contributed by atoms with van der Waals surface area (Å²) in [4.78, 5) is 11.8. The fourth-order valence-corrected chi connectivity index (χ4v) is 1.96. The molecule has 0 atom stereocenters. The number of H-pyrrole nitrogens is 1. The fraction of sp³-hybridized carbons (Fsp3) is 0.200. The third-order valence-electron chi connectivity index (χ3n) is 2.35. The molecule has 1 aromatic carbocycles. The molecule has 0 bridgehead atoms. The molecule has 7 heteroatoms. The standard InChI is InChI=1S/C10H11N3O3S/c1-2-17(15,16)13-10(14)8-5-3-4-7-6-11-12-9(7)8/h3-6H,2H2,1H3,(H,11,12)(H,13,14). The number of carbonyl (C=O) groups is 1. The van der Waals surface area contributed by atoms with E-state index in [2.05, 4.69) is 10.2 Å². The molecule has 2 N–H and O–H groups in total. The largest absolute Gasteiger partial charge is 0.277 e. The van der Waals surface area contributed by atoms with Crippen molar-refractivity contribution in [1.29, 1.82) is 0 Å². The molecule has 0 spiro atoms. The molecule has 0 fully saturated rings. The Kier molecular flexibility index (Phi) is 2.84. The Morgan fingerprint density at radius 1 is 1.47 bits per heavy atom. The molecule has 2 aromatic rings. The maximum Gasteiger partial charge on any atom is 0.266 e. The van der Waals surface area contributed by atoms with Gasteiger partial charge in [0.1, 0.15) is 0 Å². The van der Waals surface area contributed by atoms with Crippen LogP contribution in [0.2, 0.25) is 0 Å². The number of aromatic nitrogens is 2. The molecule has 1 heterocycles. The summed E-state index contributed by atoms with van der Waals surface area (Å²) >= 11 is 0. The van der Waals surface area contributed by atoms with Gasteiger partial charge in [-0.05, 0) is 13.0 Å². The molecule has 6 nitrogen and oxygen atoms in total. The second-order valence-electron chi connectivity index (χ2n) is 3.47. The highest BCUT2D eigenvalue weighted by Crippen LogP contribution is 2.15. The van der Waals surface area contributed by atoms with E-state index < -0.39 is 15.9 Å². The third-order valence-corrected chi connectivity index (χ3v) is 3.61. The van der Waals surface area contributed by atoms with Gasteiger partial charge in [0.15, 0.2) is 0 Å². The van der Waals surface area contributed by atoms with Gasteiger partial charge in [-0.2, -0.15) is 5.10 Å². The fourth-order valence-electron chi connectivity index (χ4n) is 1.43. The molecular formula is C10H11N3O3S. The molecule has 1 amide bonds. The molecule has 90 valence electrons. The summed E-state index contributed by atoms with van der Waals surface area (Å²) in [7, 11) is -3.55. The number of amides is 1. The molecule has 2 rings (SSSR count). The number of sulfonamides is 1. The van der Waals surface area contributed by atoms with Crippen molar-refractivity contribution in [3.63, 3.8) is 0 Å². The Labute approximate surface area is 98.1 Å². The molecule has 1 aromatic heterocycles. The van der Waals surface area contributed by atoms with E-state index >= 15 is 0 Å². The van der Waals surface area contributed by atoms with Gasteiger partial charge in [-0.25, -0.2) is 13.1 Å². The second-order valence-corrected chi connectivity index (χ2v) is 5.49. The molecule has 17 heavy (non-hydrogen) atoms. The summed E-state index contributed by atoms with van der Waals surface area (Å²) in [6.45, 7) is 1.46. The van der Waals surface area contributed by atoms with E-state index in [1.807, 2.05) is 4.72 Å². The highest BCUT2D eigenvalue weighted by Gasteiger charge is 2.16. The van der Waals surface area contributed by atoms with Crippen molar-refractivity contribution < 1.29 is 13.2 Å². The van der Waals surface area contributed by atoms with Gasteiger partial charge in [0.05, 0.1) is 23.0 Å². The summed E-state index contributed by atoms with van der Waals surface area (Å²) in [5.41, 5.74) is 0.785. The van der Waals surface area contributed by atoms with E-state index in [9.17, 15) is 13.2 Å². The monoisotopic (exact) mass is 253 g/mol. The van der Waals surface area contributed by atoms with Crippen LogP contribution in [0.5, 0.6) is 0 Å². The van der Waals surface area contributed by atoms with Crippen LogP contribution in [0.15, 0.2) is 24.4 Å². The lowest BCUT2D eigenvalue weighted by molar-refractivity contribution is 0.0983. The molecule has 0 unspecified atom stereocenters. The number of nitrogens with zero attached hydrogens (tertiary/aromatic N) is 1. The Morgan fingerprint density at radius 2 is 2.24 bits per heavy atom. The highest BCUT2D eigenvalue weighted by atomic mass is 32.2. The van der Waals surface area contributed by atoms with Crippen molar-refractivity contribution in [2.75, 3.05) is 5.75 Å². The van der Waals surface area contributed by atoms with Gasteiger partial charge in [-0.1, -0.05) is 12.1 Å². The van der Waals surface area contributed by atoms with Crippen molar-refractivity contribution in [1.82, 2.24) is 14.9 Å². The van der Waals surface area contributed by atoms with Crippen LogP contribution in [-0.2, 0) is 10.0 Å². The number of nitrogens with one attached hydrogen (secondary N) is 2. The minimum absolute atomic E-state index is 0.141. The molecule has 0 saturated heterocycles. The van der Waals surface area contributed by atoms with Gasteiger partial charge >= 0.3 is 0 Å². The summed E-state index contributed by atoms with van der Waals surface area (Å²) in [6.07, 6.45) is 1.57. The summed E-state index contributed by atoms with van der Waals surface area (Å²) in [5.74, 6) is -0.792. The van der Waals surface area contributed by atoms with Crippen molar-refractivity contribution >= 4 is 26.8 Å². The molecule has 0 radical (unpaired) electrons. The van der Waals surface area contributed by atoms with Crippen LogP contribution in [0.4, 0.5) is 0 Å². The van der Waals surface area contributed by atoms with Crippen molar-refractivity contribution in [3.8, 4) is 0 Å². The summed E-state index contributed by atoms with van der Waals surface area (Å²) in [5, 5.41) is 7.23. The zero-order valence-electron chi connectivity index (χ0n) is 9.10. The zero-order valence-corrected chi connectivity index (χ0v) is 9.91. The maximum atomic E-state index is 11.8. The van der Waals surface area contributed by atoms with E-state index in [4.69, 9.17) is 0 Å². The lowest BCUT2D eigenvalue weighted by atomic mass is 10.1. The number of benzene rings is 1. The van der Waals surface area contributed by atoms with Crippen LogP contribution in [0, 0.1) is 0 Å². The summed E-state index contributed by atoms with van der Waals surface area (Å²) in [6, 6.07) is 5.00. The third kappa shape index (κ3) is 2.28. The summed E-state index contributed by atoms with van der Waals surface area (Å²) < 4.78 is 24.6. The van der Waals surface area contributed by atoms with Crippen LogP contribution in [0.1, 0.15) is 17.3 Å². The first-order valence-corrected chi connectivity index (χ1v) is 6.65. The van der Waals surface area contributed by atoms with Gasteiger partial charge in [0, 0.05) is 5.39 Å². The minimum Gasteiger partial charge on any atom is -0.277 e. The molecule has 0 aliphatic carbocycles. The predicted octanol–water partition coefficient (Wildman–Crippen LogP) is 0.642. The number of hydrogen-bond acceptors (Lipinski definition) is 4. The average Bonchev–Trinajstić information content (AvgIpc) is 2.76. The van der Waals surface area contributed by atoms with Gasteiger partial charge in [0.2, 0.25) is 10.0 Å². The second kappa shape index (κ2) is 4.17. The first-order chi connectivity index (χ1) is 8.03. The first-order valence-electron chi connectivity index (χ1n) is 5.00. The maximum absolute atomic E-state index is 11.8.